The number of hydrogen-bond acceptors (Lipinski definition) is 5. The fourth-order valence-corrected chi connectivity index (χ4v) is 2.87. The molecule has 0 aliphatic carbocycles. The van der Waals surface area contributed by atoms with Crippen LogP contribution in [0.2, 0.25) is 0 Å². The first-order chi connectivity index (χ1) is 12.7. The normalized spacial score (nSPS) is 10.7. The van der Waals surface area contributed by atoms with Crippen molar-refractivity contribution in [3.8, 4) is 17.1 Å². The number of para-hydroxylation sites is 1. The molecule has 0 radical (unpaired) electrons. The van der Waals surface area contributed by atoms with Gasteiger partial charge in [-0.2, -0.15) is 5.10 Å². The summed E-state index contributed by atoms with van der Waals surface area (Å²) in [5.41, 5.74) is 2.94. The van der Waals surface area contributed by atoms with E-state index in [0.717, 1.165) is 54.7 Å². The number of anilines is 1. The summed E-state index contributed by atoms with van der Waals surface area (Å²) in [5.74, 6) is 2.51. The van der Waals surface area contributed by atoms with Gasteiger partial charge in [-0.05, 0) is 44.4 Å². The minimum absolute atomic E-state index is 0.737. The van der Waals surface area contributed by atoms with Crippen molar-refractivity contribution in [1.82, 2.24) is 19.7 Å². The van der Waals surface area contributed by atoms with Crippen LogP contribution in [0.3, 0.4) is 0 Å². The first-order valence-corrected chi connectivity index (χ1v) is 8.95. The average molecular weight is 351 g/mol. The second-order valence-electron chi connectivity index (χ2n) is 6.08. The highest BCUT2D eigenvalue weighted by molar-refractivity contribution is 5.58. The van der Waals surface area contributed by atoms with E-state index in [4.69, 9.17) is 4.74 Å². The molecule has 3 rings (SSSR count). The Morgan fingerprint density at radius 3 is 2.73 bits per heavy atom. The van der Waals surface area contributed by atoms with Gasteiger partial charge in [0.25, 0.3) is 0 Å². The monoisotopic (exact) mass is 351 g/mol. The van der Waals surface area contributed by atoms with E-state index in [9.17, 15) is 0 Å². The average Bonchev–Trinajstić information content (AvgIpc) is 3.14. The van der Waals surface area contributed by atoms with Gasteiger partial charge >= 0.3 is 0 Å². The molecule has 1 aromatic carbocycles. The Morgan fingerprint density at radius 2 is 1.96 bits per heavy atom. The van der Waals surface area contributed by atoms with Crippen LogP contribution < -0.4 is 10.1 Å². The molecule has 0 aliphatic rings. The van der Waals surface area contributed by atoms with E-state index in [1.807, 2.05) is 48.1 Å². The topological polar surface area (TPSA) is 64.9 Å². The molecule has 3 aromatic rings. The lowest BCUT2D eigenvalue weighted by Gasteiger charge is -2.10. The third-order valence-corrected chi connectivity index (χ3v) is 4.19. The molecule has 6 nitrogen and oxygen atoms in total. The van der Waals surface area contributed by atoms with Gasteiger partial charge in [-0.25, -0.2) is 9.97 Å². The molecule has 136 valence electrons. The molecule has 0 spiro atoms. The molecule has 0 amide bonds. The van der Waals surface area contributed by atoms with Crippen LogP contribution in [0.25, 0.3) is 11.4 Å². The fourth-order valence-electron chi connectivity index (χ4n) is 2.87. The van der Waals surface area contributed by atoms with Crippen molar-refractivity contribution in [3.05, 3.63) is 54.0 Å². The van der Waals surface area contributed by atoms with Crippen molar-refractivity contribution >= 4 is 5.82 Å². The third kappa shape index (κ3) is 4.39. The molecule has 6 heteroatoms. The Kier molecular flexibility index (Phi) is 5.84. The minimum atomic E-state index is 0.737. The Hall–Kier alpha value is -2.89. The molecule has 2 heterocycles. The van der Waals surface area contributed by atoms with Crippen LogP contribution in [-0.2, 0) is 13.0 Å². The zero-order chi connectivity index (χ0) is 18.4. The lowest BCUT2D eigenvalue weighted by Crippen LogP contribution is -2.07. The van der Waals surface area contributed by atoms with Crippen LogP contribution in [0.4, 0.5) is 5.82 Å². The van der Waals surface area contributed by atoms with E-state index in [1.54, 1.807) is 7.11 Å². The van der Waals surface area contributed by atoms with E-state index < -0.39 is 0 Å². The molecular formula is C20H25N5O. The molecule has 0 aliphatic heterocycles. The summed E-state index contributed by atoms with van der Waals surface area (Å²) < 4.78 is 7.30. The number of nitrogens with one attached hydrogen (secondary N) is 1. The number of methoxy groups -OCH3 is 1. The fraction of sp³-hybridized carbons (Fsp3) is 0.350. The third-order valence-electron chi connectivity index (χ3n) is 4.19. The predicted molar refractivity (Wildman–Crippen MR) is 103 cm³/mol. The maximum absolute atomic E-state index is 5.40. The number of aromatic nitrogens is 4. The SMILES string of the molecule is CCn1ccc(-c2cc(NCCCc3ccccc3OC)nc(C)n2)n1. The standard InChI is InChI=1S/C20H25N5O/c1-4-25-13-11-17(24-25)18-14-20(23-15(2)22-18)21-12-7-9-16-8-5-6-10-19(16)26-3/h5-6,8,10-11,13-14H,4,7,9,12H2,1-3H3,(H,21,22,23). The highest BCUT2D eigenvalue weighted by Crippen LogP contribution is 2.20. The lowest BCUT2D eigenvalue weighted by molar-refractivity contribution is 0.409. The molecule has 0 bridgehead atoms. The summed E-state index contributed by atoms with van der Waals surface area (Å²) in [6.45, 7) is 5.65. The van der Waals surface area contributed by atoms with Crippen LogP contribution in [0.15, 0.2) is 42.6 Å². The summed E-state index contributed by atoms with van der Waals surface area (Å²) >= 11 is 0. The minimum Gasteiger partial charge on any atom is -0.496 e. The van der Waals surface area contributed by atoms with E-state index >= 15 is 0 Å². The van der Waals surface area contributed by atoms with Gasteiger partial charge in [-0.3, -0.25) is 4.68 Å². The molecule has 0 saturated heterocycles. The van der Waals surface area contributed by atoms with Crippen LogP contribution >= 0.6 is 0 Å². The van der Waals surface area contributed by atoms with Crippen molar-refractivity contribution in [1.29, 1.82) is 0 Å². The highest BCUT2D eigenvalue weighted by atomic mass is 16.5. The van der Waals surface area contributed by atoms with Crippen LogP contribution in [0.1, 0.15) is 24.7 Å². The van der Waals surface area contributed by atoms with Crippen LogP contribution in [0, 0.1) is 6.92 Å². The summed E-state index contributed by atoms with van der Waals surface area (Å²) in [4.78, 5) is 8.99. The number of aryl methyl sites for hydroxylation is 3. The number of ether oxygens (including phenoxy) is 1. The predicted octanol–water partition coefficient (Wildman–Crippen LogP) is 3.72. The van der Waals surface area contributed by atoms with Crippen molar-refractivity contribution in [3.63, 3.8) is 0 Å². The first-order valence-electron chi connectivity index (χ1n) is 8.95. The van der Waals surface area contributed by atoms with E-state index in [-0.39, 0.29) is 0 Å². The molecule has 26 heavy (non-hydrogen) atoms. The summed E-state index contributed by atoms with van der Waals surface area (Å²) in [7, 11) is 1.71. The van der Waals surface area contributed by atoms with Gasteiger partial charge in [0.15, 0.2) is 0 Å². The Balaban J connectivity index is 1.61. The quantitative estimate of drug-likeness (QED) is 0.627. The molecule has 1 N–H and O–H groups in total. The van der Waals surface area contributed by atoms with Gasteiger partial charge in [0.05, 0.1) is 12.8 Å². The molecule has 0 saturated carbocycles. The van der Waals surface area contributed by atoms with Crippen molar-refractivity contribution in [2.75, 3.05) is 19.0 Å². The van der Waals surface area contributed by atoms with E-state index in [0.29, 0.717) is 0 Å². The second-order valence-corrected chi connectivity index (χ2v) is 6.08. The first kappa shape index (κ1) is 17.9. The van der Waals surface area contributed by atoms with Gasteiger partial charge in [-0.1, -0.05) is 18.2 Å². The van der Waals surface area contributed by atoms with Gasteiger partial charge in [-0.15, -0.1) is 0 Å². The zero-order valence-electron chi connectivity index (χ0n) is 15.6. The van der Waals surface area contributed by atoms with Gasteiger partial charge in [0.1, 0.15) is 23.1 Å². The summed E-state index contributed by atoms with van der Waals surface area (Å²) in [6.07, 6.45) is 3.91. The Bertz CT molecular complexity index is 859. The molecule has 0 fully saturated rings. The largest absolute Gasteiger partial charge is 0.496 e. The van der Waals surface area contributed by atoms with E-state index in [1.165, 1.54) is 5.56 Å². The number of benzene rings is 1. The van der Waals surface area contributed by atoms with Crippen molar-refractivity contribution in [2.45, 2.75) is 33.2 Å². The lowest BCUT2D eigenvalue weighted by atomic mass is 10.1. The number of nitrogens with zero attached hydrogens (tertiary/aromatic N) is 4. The second kappa shape index (κ2) is 8.47. The van der Waals surface area contributed by atoms with Crippen LogP contribution in [0.5, 0.6) is 5.75 Å². The number of hydrogen-bond donors (Lipinski definition) is 1. The number of rotatable bonds is 8. The highest BCUT2D eigenvalue weighted by Gasteiger charge is 2.08. The summed E-state index contributed by atoms with van der Waals surface area (Å²) in [6, 6.07) is 12.1. The van der Waals surface area contributed by atoms with E-state index in [2.05, 4.69) is 33.4 Å². The maximum atomic E-state index is 5.40. The van der Waals surface area contributed by atoms with Gasteiger partial charge < -0.3 is 10.1 Å². The maximum Gasteiger partial charge on any atom is 0.130 e. The van der Waals surface area contributed by atoms with Gasteiger partial charge in [0, 0.05) is 25.4 Å². The summed E-state index contributed by atoms with van der Waals surface area (Å²) in [5, 5.41) is 7.92. The van der Waals surface area contributed by atoms with Crippen molar-refractivity contribution < 1.29 is 4.74 Å². The van der Waals surface area contributed by atoms with Crippen LogP contribution in [-0.4, -0.2) is 33.4 Å². The van der Waals surface area contributed by atoms with Gasteiger partial charge in [0.2, 0.25) is 0 Å². The molecule has 0 unspecified atom stereocenters. The molecule has 0 atom stereocenters. The Labute approximate surface area is 154 Å². The molecule has 2 aromatic heterocycles. The smallest absolute Gasteiger partial charge is 0.130 e. The Morgan fingerprint density at radius 1 is 1.12 bits per heavy atom. The van der Waals surface area contributed by atoms with Crippen molar-refractivity contribution in [2.24, 2.45) is 0 Å². The molecular weight excluding hydrogens is 326 g/mol. The zero-order valence-corrected chi connectivity index (χ0v) is 15.6.